The zero-order valence-corrected chi connectivity index (χ0v) is 20.0. The average Bonchev–Trinajstić information content (AvgIpc) is 2.71. The number of likely N-dealkylation sites (N-methyl/N-ethyl adjacent to an activating group) is 1. The number of benzene rings is 1. The maximum atomic E-state index is 11.9. The Morgan fingerprint density at radius 2 is 1.97 bits per heavy atom. The van der Waals surface area contributed by atoms with E-state index in [9.17, 15) is 4.79 Å². The van der Waals surface area contributed by atoms with E-state index in [0.717, 1.165) is 50.7 Å². The third-order valence-corrected chi connectivity index (χ3v) is 4.41. The van der Waals surface area contributed by atoms with Gasteiger partial charge in [0.15, 0.2) is 5.96 Å². The second-order valence-electron chi connectivity index (χ2n) is 6.73. The van der Waals surface area contributed by atoms with Gasteiger partial charge in [-0.1, -0.05) is 18.2 Å². The summed E-state index contributed by atoms with van der Waals surface area (Å²) in [6.45, 7) is 8.35. The average molecular weight is 519 g/mol. The number of hydrogen-bond donors (Lipinski definition) is 2. The van der Waals surface area contributed by atoms with Crippen LogP contribution >= 0.6 is 24.0 Å². The molecule has 164 valence electrons. The van der Waals surface area contributed by atoms with Crippen LogP contribution in [0.4, 0.5) is 0 Å². The monoisotopic (exact) mass is 519 g/mol. The van der Waals surface area contributed by atoms with Gasteiger partial charge in [0.2, 0.25) is 5.91 Å². The van der Waals surface area contributed by atoms with Gasteiger partial charge in [0.25, 0.3) is 0 Å². The minimum Gasteiger partial charge on any atom is -0.494 e. The zero-order valence-electron chi connectivity index (χ0n) is 17.6. The summed E-state index contributed by atoms with van der Waals surface area (Å²) in [6, 6.07) is 7.88. The van der Waals surface area contributed by atoms with Gasteiger partial charge in [-0.25, -0.2) is 4.99 Å². The fourth-order valence-electron chi connectivity index (χ4n) is 2.74. The van der Waals surface area contributed by atoms with Crippen LogP contribution in [0.2, 0.25) is 0 Å². The molecule has 1 amide bonds. The molecule has 0 aromatic heterocycles. The first-order chi connectivity index (χ1) is 13.6. The second-order valence-corrected chi connectivity index (χ2v) is 6.73. The molecule has 0 bridgehead atoms. The topological polar surface area (TPSA) is 78.4 Å². The van der Waals surface area contributed by atoms with Crippen molar-refractivity contribution >= 4 is 35.8 Å². The van der Waals surface area contributed by atoms with Crippen LogP contribution in [0, 0.1) is 0 Å². The maximum Gasteiger partial charge on any atom is 0.241 e. The number of carbonyl (C=O) groups excluding carboxylic acids is 1. The highest BCUT2D eigenvalue weighted by molar-refractivity contribution is 14.0. The molecule has 0 spiro atoms. The second kappa shape index (κ2) is 14.4. The van der Waals surface area contributed by atoms with Gasteiger partial charge in [0.05, 0.1) is 32.9 Å². The molecule has 0 atom stereocenters. The standard InChI is InChI=1S/C20H33N5O3.HI/c1-4-28-18-8-6-5-7-17(18)15-22-20(23-16-19(26)24(2)3)21-9-10-25-11-13-27-14-12-25;/h5-8H,4,9-16H2,1-3H3,(H2,21,22,23);1H. The van der Waals surface area contributed by atoms with E-state index in [-0.39, 0.29) is 36.4 Å². The Bertz CT molecular complexity index is 636. The molecular weight excluding hydrogens is 485 g/mol. The van der Waals surface area contributed by atoms with Crippen molar-refractivity contribution in [3.63, 3.8) is 0 Å². The van der Waals surface area contributed by atoms with E-state index in [1.807, 2.05) is 31.2 Å². The number of ether oxygens (including phenoxy) is 2. The van der Waals surface area contributed by atoms with Crippen LogP contribution in [0.5, 0.6) is 5.75 Å². The molecule has 9 heteroatoms. The molecule has 0 radical (unpaired) electrons. The van der Waals surface area contributed by atoms with Crippen LogP contribution in [0.3, 0.4) is 0 Å². The maximum absolute atomic E-state index is 11.9. The van der Waals surface area contributed by atoms with Crippen LogP contribution in [0.1, 0.15) is 12.5 Å². The predicted molar refractivity (Wildman–Crippen MR) is 126 cm³/mol. The number of para-hydroxylation sites is 1. The van der Waals surface area contributed by atoms with Crippen molar-refractivity contribution < 1.29 is 14.3 Å². The lowest BCUT2D eigenvalue weighted by Crippen LogP contribution is -2.46. The van der Waals surface area contributed by atoms with Gasteiger partial charge in [0, 0.05) is 45.8 Å². The van der Waals surface area contributed by atoms with E-state index >= 15 is 0 Å². The lowest BCUT2D eigenvalue weighted by Gasteiger charge is -2.26. The fraction of sp³-hybridized carbons (Fsp3) is 0.600. The molecule has 1 heterocycles. The fourth-order valence-corrected chi connectivity index (χ4v) is 2.74. The first-order valence-corrected chi connectivity index (χ1v) is 9.83. The molecule has 29 heavy (non-hydrogen) atoms. The number of aliphatic imine (C=N–C) groups is 1. The molecule has 0 saturated carbocycles. The van der Waals surface area contributed by atoms with Crippen molar-refractivity contribution in [1.29, 1.82) is 0 Å². The van der Waals surface area contributed by atoms with Crippen molar-refractivity contribution in [1.82, 2.24) is 20.4 Å². The van der Waals surface area contributed by atoms with E-state index in [0.29, 0.717) is 19.1 Å². The van der Waals surface area contributed by atoms with Gasteiger partial charge in [-0.3, -0.25) is 9.69 Å². The molecule has 0 unspecified atom stereocenters. The Kier molecular flexibility index (Phi) is 12.6. The Morgan fingerprint density at radius 1 is 1.24 bits per heavy atom. The van der Waals surface area contributed by atoms with Crippen LogP contribution in [0.25, 0.3) is 0 Å². The molecule has 2 rings (SSSR count). The van der Waals surface area contributed by atoms with E-state index in [4.69, 9.17) is 9.47 Å². The minimum absolute atomic E-state index is 0. The molecule has 2 N–H and O–H groups in total. The van der Waals surface area contributed by atoms with Gasteiger partial charge < -0.3 is 25.0 Å². The van der Waals surface area contributed by atoms with Crippen LogP contribution in [-0.2, 0) is 16.1 Å². The number of amides is 1. The first-order valence-electron chi connectivity index (χ1n) is 9.83. The molecule has 1 aromatic carbocycles. The first kappa shape index (κ1) is 25.4. The van der Waals surface area contributed by atoms with Crippen molar-refractivity contribution in [3.8, 4) is 5.75 Å². The molecular formula is C20H34IN5O3. The predicted octanol–water partition coefficient (Wildman–Crippen LogP) is 1.16. The Labute approximate surface area is 191 Å². The lowest BCUT2D eigenvalue weighted by molar-refractivity contribution is -0.127. The van der Waals surface area contributed by atoms with Gasteiger partial charge in [-0.15, -0.1) is 24.0 Å². The largest absolute Gasteiger partial charge is 0.494 e. The summed E-state index contributed by atoms with van der Waals surface area (Å²) in [5.41, 5.74) is 1.01. The van der Waals surface area contributed by atoms with Crippen molar-refractivity contribution in [2.24, 2.45) is 4.99 Å². The molecule has 1 saturated heterocycles. The summed E-state index contributed by atoms with van der Waals surface area (Å²) in [7, 11) is 3.48. The quantitative estimate of drug-likeness (QED) is 0.290. The summed E-state index contributed by atoms with van der Waals surface area (Å²) in [4.78, 5) is 20.5. The summed E-state index contributed by atoms with van der Waals surface area (Å²) < 4.78 is 11.1. The third-order valence-electron chi connectivity index (χ3n) is 4.41. The number of nitrogens with zero attached hydrogens (tertiary/aromatic N) is 3. The number of guanidine groups is 1. The molecule has 1 fully saturated rings. The number of rotatable bonds is 9. The normalized spacial score (nSPS) is 14.7. The zero-order chi connectivity index (χ0) is 20.2. The van der Waals surface area contributed by atoms with Gasteiger partial charge in [-0.2, -0.15) is 0 Å². The van der Waals surface area contributed by atoms with E-state index in [2.05, 4.69) is 20.5 Å². The molecule has 1 aliphatic rings. The number of halogens is 1. The van der Waals surface area contributed by atoms with Crippen molar-refractivity contribution in [2.45, 2.75) is 13.5 Å². The Hall–Kier alpha value is -1.59. The number of hydrogen-bond acceptors (Lipinski definition) is 5. The summed E-state index contributed by atoms with van der Waals surface area (Å²) >= 11 is 0. The van der Waals surface area contributed by atoms with Crippen molar-refractivity contribution in [2.75, 3.05) is 66.6 Å². The molecule has 1 aliphatic heterocycles. The van der Waals surface area contributed by atoms with Gasteiger partial charge in [-0.05, 0) is 13.0 Å². The number of nitrogens with one attached hydrogen (secondary N) is 2. The molecule has 0 aliphatic carbocycles. The SMILES string of the molecule is CCOc1ccccc1CN=C(NCCN1CCOCC1)NCC(=O)N(C)C.I. The molecule has 8 nitrogen and oxygen atoms in total. The van der Waals surface area contributed by atoms with E-state index in [1.165, 1.54) is 0 Å². The van der Waals surface area contributed by atoms with Gasteiger partial charge in [0.1, 0.15) is 5.75 Å². The van der Waals surface area contributed by atoms with Crippen LogP contribution in [0.15, 0.2) is 29.3 Å². The van der Waals surface area contributed by atoms with Crippen molar-refractivity contribution in [3.05, 3.63) is 29.8 Å². The van der Waals surface area contributed by atoms with E-state index in [1.54, 1.807) is 19.0 Å². The highest BCUT2D eigenvalue weighted by Gasteiger charge is 2.11. The third kappa shape index (κ3) is 9.64. The number of carbonyl (C=O) groups is 1. The lowest BCUT2D eigenvalue weighted by atomic mass is 10.2. The summed E-state index contributed by atoms with van der Waals surface area (Å²) in [5.74, 6) is 1.46. The van der Waals surface area contributed by atoms with Gasteiger partial charge >= 0.3 is 0 Å². The number of morpholine rings is 1. The minimum atomic E-state index is -0.00241. The Balaban J connectivity index is 0.00000420. The summed E-state index contributed by atoms with van der Waals surface area (Å²) in [5, 5.41) is 6.45. The smallest absolute Gasteiger partial charge is 0.241 e. The highest BCUT2D eigenvalue weighted by Crippen LogP contribution is 2.18. The van der Waals surface area contributed by atoms with Crippen LogP contribution in [-0.4, -0.2) is 88.3 Å². The van der Waals surface area contributed by atoms with E-state index < -0.39 is 0 Å². The molecule has 1 aromatic rings. The highest BCUT2D eigenvalue weighted by atomic mass is 127. The van der Waals surface area contributed by atoms with Crippen LogP contribution < -0.4 is 15.4 Å². The summed E-state index contributed by atoms with van der Waals surface area (Å²) in [6.07, 6.45) is 0. The Morgan fingerprint density at radius 3 is 2.66 bits per heavy atom.